The Kier molecular flexibility index (Phi) is 6.45. The molecule has 0 aliphatic rings. The Hall–Kier alpha value is -1.62. The van der Waals surface area contributed by atoms with Crippen molar-refractivity contribution < 1.29 is 13.9 Å². The number of nitrogens with one attached hydrogen (secondary N) is 1. The highest BCUT2D eigenvalue weighted by Gasteiger charge is 2.14. The number of benzene rings is 1. The van der Waals surface area contributed by atoms with Gasteiger partial charge in [-0.1, -0.05) is 6.92 Å². The average molecular weight is 282 g/mol. The largest absolute Gasteiger partial charge is 0.481 e. The number of hydrogen-bond acceptors (Lipinski definition) is 3. The van der Waals surface area contributed by atoms with E-state index in [2.05, 4.69) is 5.32 Å². The van der Waals surface area contributed by atoms with E-state index in [9.17, 15) is 9.18 Å². The molecule has 1 amide bonds. The first-order chi connectivity index (χ1) is 9.42. The maximum absolute atomic E-state index is 13.5. The molecule has 2 unspecified atom stereocenters. The Morgan fingerprint density at radius 2 is 2.10 bits per heavy atom. The molecule has 112 valence electrons. The summed E-state index contributed by atoms with van der Waals surface area (Å²) in [5, 5.41) is 2.74. The molecule has 0 aliphatic carbocycles. The highest BCUT2D eigenvalue weighted by Crippen LogP contribution is 2.18. The van der Waals surface area contributed by atoms with Gasteiger partial charge in [0, 0.05) is 18.7 Å². The minimum atomic E-state index is -0.661. The van der Waals surface area contributed by atoms with Crippen molar-refractivity contribution in [2.45, 2.75) is 45.8 Å². The lowest BCUT2D eigenvalue weighted by Crippen LogP contribution is -2.36. The Balaban J connectivity index is 2.71. The van der Waals surface area contributed by atoms with Gasteiger partial charge in [0.05, 0.1) is 0 Å². The van der Waals surface area contributed by atoms with Crippen LogP contribution in [0.15, 0.2) is 18.2 Å². The van der Waals surface area contributed by atoms with Crippen LogP contribution in [0.1, 0.15) is 32.8 Å². The van der Waals surface area contributed by atoms with Gasteiger partial charge in [-0.3, -0.25) is 4.79 Å². The van der Waals surface area contributed by atoms with Crippen molar-refractivity contribution in [1.82, 2.24) is 5.32 Å². The van der Waals surface area contributed by atoms with Gasteiger partial charge < -0.3 is 15.8 Å². The minimum Gasteiger partial charge on any atom is -0.481 e. The summed E-state index contributed by atoms with van der Waals surface area (Å²) in [4.78, 5) is 11.7. The predicted molar refractivity (Wildman–Crippen MR) is 77.1 cm³/mol. The van der Waals surface area contributed by atoms with Crippen LogP contribution in [-0.2, 0) is 11.2 Å². The lowest BCUT2D eigenvalue weighted by atomic mass is 10.1. The fraction of sp³-hybridized carbons (Fsp3) is 0.533. The van der Waals surface area contributed by atoms with E-state index >= 15 is 0 Å². The highest BCUT2D eigenvalue weighted by atomic mass is 19.1. The molecule has 0 spiro atoms. The van der Waals surface area contributed by atoms with Gasteiger partial charge in [0.1, 0.15) is 11.6 Å². The molecule has 4 nitrogen and oxygen atoms in total. The second-order valence-electron chi connectivity index (χ2n) is 5.03. The number of hydrogen-bond donors (Lipinski definition) is 2. The van der Waals surface area contributed by atoms with Crippen molar-refractivity contribution in [2.75, 3.05) is 6.54 Å². The molecule has 3 N–H and O–H groups in total. The summed E-state index contributed by atoms with van der Waals surface area (Å²) in [5.41, 5.74) is 6.46. The van der Waals surface area contributed by atoms with Crippen LogP contribution < -0.4 is 15.8 Å². The fourth-order valence-electron chi connectivity index (χ4n) is 1.83. The predicted octanol–water partition coefficient (Wildman–Crippen LogP) is 2.01. The summed E-state index contributed by atoms with van der Waals surface area (Å²) < 4.78 is 19.0. The molecule has 1 aromatic rings. The van der Waals surface area contributed by atoms with Crippen molar-refractivity contribution in [1.29, 1.82) is 0 Å². The average Bonchev–Trinajstić information content (AvgIpc) is 2.34. The summed E-state index contributed by atoms with van der Waals surface area (Å²) in [6.07, 6.45) is 0.758. The summed E-state index contributed by atoms with van der Waals surface area (Å²) in [6.45, 7) is 6.07. The first-order valence-corrected chi connectivity index (χ1v) is 6.91. The molecule has 20 heavy (non-hydrogen) atoms. The van der Waals surface area contributed by atoms with Crippen LogP contribution >= 0.6 is 0 Å². The van der Waals surface area contributed by atoms with Gasteiger partial charge in [0.25, 0.3) is 5.91 Å². The third-order valence-electron chi connectivity index (χ3n) is 2.72. The topological polar surface area (TPSA) is 64.3 Å². The summed E-state index contributed by atoms with van der Waals surface area (Å²) in [6, 6.07) is 4.36. The maximum atomic E-state index is 13.5. The monoisotopic (exact) mass is 282 g/mol. The Labute approximate surface area is 119 Å². The van der Waals surface area contributed by atoms with Crippen molar-refractivity contribution in [3.63, 3.8) is 0 Å². The van der Waals surface area contributed by atoms with Crippen molar-refractivity contribution in [3.05, 3.63) is 29.6 Å². The summed E-state index contributed by atoms with van der Waals surface area (Å²) >= 11 is 0. The van der Waals surface area contributed by atoms with Gasteiger partial charge in [-0.15, -0.1) is 0 Å². The number of rotatable bonds is 7. The zero-order valence-electron chi connectivity index (χ0n) is 12.3. The molecule has 5 heteroatoms. The van der Waals surface area contributed by atoms with Gasteiger partial charge in [-0.2, -0.15) is 0 Å². The second kappa shape index (κ2) is 7.85. The molecule has 0 fully saturated rings. The quantitative estimate of drug-likeness (QED) is 0.804. The van der Waals surface area contributed by atoms with E-state index < -0.39 is 6.10 Å². The third kappa shape index (κ3) is 5.57. The Bertz CT molecular complexity index is 449. The molecule has 0 heterocycles. The first-order valence-electron chi connectivity index (χ1n) is 6.91. The van der Waals surface area contributed by atoms with Crippen LogP contribution in [-0.4, -0.2) is 24.6 Å². The van der Waals surface area contributed by atoms with E-state index in [4.69, 9.17) is 10.5 Å². The number of ether oxygens (including phenoxy) is 1. The Morgan fingerprint density at radius 3 is 2.70 bits per heavy atom. The zero-order valence-corrected chi connectivity index (χ0v) is 12.3. The molecular formula is C15H23FN2O2. The third-order valence-corrected chi connectivity index (χ3v) is 2.72. The van der Waals surface area contributed by atoms with Gasteiger partial charge in [0.15, 0.2) is 6.10 Å². The van der Waals surface area contributed by atoms with Gasteiger partial charge >= 0.3 is 0 Å². The number of carbonyl (C=O) groups is 1. The molecule has 0 radical (unpaired) electrons. The van der Waals surface area contributed by atoms with Crippen LogP contribution in [0.3, 0.4) is 0 Å². The van der Waals surface area contributed by atoms with Crippen molar-refractivity contribution >= 4 is 5.91 Å². The molecule has 0 bridgehead atoms. The van der Waals surface area contributed by atoms with E-state index in [0.717, 1.165) is 12.0 Å². The van der Waals surface area contributed by atoms with Crippen LogP contribution in [0.25, 0.3) is 0 Å². The van der Waals surface area contributed by atoms with Crippen molar-refractivity contribution in [2.24, 2.45) is 5.73 Å². The molecular weight excluding hydrogens is 259 g/mol. The SMILES string of the molecule is CCCNC(=O)C(C)Oc1cc(F)cc(CC(C)N)c1. The van der Waals surface area contributed by atoms with E-state index in [1.165, 1.54) is 12.1 Å². The first kappa shape index (κ1) is 16.4. The normalized spacial score (nSPS) is 13.7. The Morgan fingerprint density at radius 1 is 1.40 bits per heavy atom. The van der Waals surface area contributed by atoms with Gasteiger partial charge in [0.2, 0.25) is 0 Å². The van der Waals surface area contributed by atoms with E-state index in [-0.39, 0.29) is 17.8 Å². The van der Waals surface area contributed by atoms with Crippen LogP contribution in [0, 0.1) is 5.82 Å². The van der Waals surface area contributed by atoms with Gasteiger partial charge in [-0.25, -0.2) is 4.39 Å². The number of carbonyl (C=O) groups excluding carboxylic acids is 1. The highest BCUT2D eigenvalue weighted by molar-refractivity contribution is 5.80. The molecule has 0 saturated heterocycles. The van der Waals surface area contributed by atoms with E-state index in [0.29, 0.717) is 18.7 Å². The fourth-order valence-corrected chi connectivity index (χ4v) is 1.83. The van der Waals surface area contributed by atoms with Crippen LogP contribution in [0.2, 0.25) is 0 Å². The lowest BCUT2D eigenvalue weighted by molar-refractivity contribution is -0.127. The standard InChI is InChI=1S/C15H23FN2O2/c1-4-5-18-15(19)11(3)20-14-8-12(6-10(2)17)7-13(16)9-14/h7-11H,4-6,17H2,1-3H3,(H,18,19). The van der Waals surface area contributed by atoms with Crippen LogP contribution in [0.4, 0.5) is 4.39 Å². The second-order valence-corrected chi connectivity index (χ2v) is 5.03. The van der Waals surface area contributed by atoms with Crippen molar-refractivity contribution in [3.8, 4) is 5.75 Å². The smallest absolute Gasteiger partial charge is 0.260 e. The van der Waals surface area contributed by atoms with Gasteiger partial charge in [-0.05, 0) is 44.4 Å². The van der Waals surface area contributed by atoms with Crippen LogP contribution in [0.5, 0.6) is 5.75 Å². The number of nitrogens with two attached hydrogens (primary N) is 1. The summed E-state index contributed by atoms with van der Waals surface area (Å²) in [7, 11) is 0. The minimum absolute atomic E-state index is 0.0603. The molecule has 1 rings (SSSR count). The molecule has 0 aliphatic heterocycles. The van der Waals surface area contributed by atoms with E-state index in [1.807, 2.05) is 13.8 Å². The summed E-state index contributed by atoms with van der Waals surface area (Å²) in [5.74, 6) is -0.246. The molecule has 0 saturated carbocycles. The maximum Gasteiger partial charge on any atom is 0.260 e. The number of halogens is 1. The molecule has 0 aromatic heterocycles. The lowest BCUT2D eigenvalue weighted by Gasteiger charge is -2.15. The number of amides is 1. The molecule has 2 atom stereocenters. The zero-order chi connectivity index (χ0) is 15.1. The van der Waals surface area contributed by atoms with E-state index in [1.54, 1.807) is 13.0 Å². The molecule has 1 aromatic carbocycles.